The predicted molar refractivity (Wildman–Crippen MR) is 72.5 cm³/mol. The quantitative estimate of drug-likeness (QED) is 0.485. The van der Waals surface area contributed by atoms with E-state index in [-0.39, 0.29) is 22.2 Å². The third-order valence-electron chi connectivity index (χ3n) is 2.47. The van der Waals surface area contributed by atoms with Crippen LogP contribution < -0.4 is 0 Å². The Bertz CT molecular complexity index is 773. The van der Waals surface area contributed by atoms with Crippen molar-refractivity contribution in [3.8, 4) is 0 Å². The topological polar surface area (TPSA) is 95.1 Å². The van der Waals surface area contributed by atoms with Crippen LogP contribution in [0.3, 0.4) is 0 Å². The molecule has 0 spiro atoms. The average Bonchev–Trinajstić information content (AvgIpc) is 2.80. The minimum absolute atomic E-state index is 0.122. The molecule has 20 heavy (non-hydrogen) atoms. The third kappa shape index (κ3) is 3.27. The fourth-order valence-corrected chi connectivity index (χ4v) is 2.40. The highest BCUT2D eigenvalue weighted by atomic mass is 35.7. The molecular weight excluding hydrogens is 329 g/mol. The van der Waals surface area contributed by atoms with Gasteiger partial charge in [-0.05, 0) is 11.6 Å². The van der Waals surface area contributed by atoms with Gasteiger partial charge in [0.25, 0.3) is 14.7 Å². The molecule has 0 bridgehead atoms. The number of benzene rings is 1. The molecule has 106 valence electrons. The Balaban J connectivity index is 2.27. The highest BCUT2D eigenvalue weighted by Crippen LogP contribution is 2.23. The van der Waals surface area contributed by atoms with E-state index in [1.54, 1.807) is 0 Å². The van der Waals surface area contributed by atoms with Crippen molar-refractivity contribution in [3.63, 3.8) is 0 Å². The van der Waals surface area contributed by atoms with Crippen LogP contribution in [0.4, 0.5) is 5.69 Å². The van der Waals surface area contributed by atoms with Crippen LogP contribution >= 0.6 is 22.3 Å². The molecule has 0 saturated heterocycles. The number of non-ortho nitro benzene ring substituents is 1. The molecule has 0 aliphatic rings. The van der Waals surface area contributed by atoms with E-state index in [9.17, 15) is 18.5 Å². The van der Waals surface area contributed by atoms with E-state index in [1.807, 2.05) is 0 Å². The van der Waals surface area contributed by atoms with E-state index in [0.29, 0.717) is 5.56 Å². The van der Waals surface area contributed by atoms with Gasteiger partial charge < -0.3 is 0 Å². The van der Waals surface area contributed by atoms with Crippen LogP contribution in [-0.2, 0) is 15.6 Å². The van der Waals surface area contributed by atoms with Gasteiger partial charge in [-0.25, -0.2) is 8.42 Å². The van der Waals surface area contributed by atoms with E-state index < -0.39 is 14.0 Å². The molecule has 0 aliphatic heterocycles. The number of hydrogen-bond donors (Lipinski definition) is 0. The van der Waals surface area contributed by atoms with Crippen LogP contribution in [0.25, 0.3) is 0 Å². The second kappa shape index (κ2) is 5.39. The second-order valence-electron chi connectivity index (χ2n) is 3.84. The third-order valence-corrected chi connectivity index (χ3v) is 4.13. The number of rotatable bonds is 4. The molecule has 0 unspecified atom stereocenters. The number of hydrogen-bond acceptors (Lipinski definition) is 5. The maximum absolute atomic E-state index is 11.1. The number of nitro benzene ring substituents is 1. The fourth-order valence-electron chi connectivity index (χ4n) is 1.51. The van der Waals surface area contributed by atoms with Gasteiger partial charge in [0.05, 0.1) is 22.7 Å². The first-order chi connectivity index (χ1) is 9.27. The summed E-state index contributed by atoms with van der Waals surface area (Å²) < 4.78 is 23.5. The molecule has 2 rings (SSSR count). The average molecular weight is 336 g/mol. The van der Waals surface area contributed by atoms with Gasteiger partial charge in [-0.2, -0.15) is 5.10 Å². The highest BCUT2D eigenvalue weighted by molar-refractivity contribution is 8.13. The molecular formula is C10H7Cl2N3O4S. The molecule has 10 heteroatoms. The van der Waals surface area contributed by atoms with Gasteiger partial charge in [0, 0.05) is 29.0 Å². The van der Waals surface area contributed by atoms with Gasteiger partial charge in [0.1, 0.15) is 4.90 Å². The number of aromatic nitrogens is 2. The van der Waals surface area contributed by atoms with E-state index in [1.165, 1.54) is 29.1 Å². The van der Waals surface area contributed by atoms with Crippen molar-refractivity contribution in [1.29, 1.82) is 0 Å². The first kappa shape index (κ1) is 14.8. The normalized spacial score (nSPS) is 11.5. The van der Waals surface area contributed by atoms with Crippen LogP contribution in [0.1, 0.15) is 5.56 Å². The molecule has 1 aromatic carbocycles. The van der Waals surface area contributed by atoms with Gasteiger partial charge >= 0.3 is 0 Å². The molecule has 2 aromatic rings. The van der Waals surface area contributed by atoms with Gasteiger partial charge in [0.2, 0.25) is 0 Å². The van der Waals surface area contributed by atoms with E-state index in [0.717, 1.165) is 6.20 Å². The molecule has 0 radical (unpaired) electrons. The Morgan fingerprint density at radius 2 is 2.10 bits per heavy atom. The Hall–Kier alpha value is -1.64. The van der Waals surface area contributed by atoms with Crippen LogP contribution in [0.15, 0.2) is 35.5 Å². The lowest BCUT2D eigenvalue weighted by molar-refractivity contribution is -0.384. The molecule has 7 nitrogen and oxygen atoms in total. The van der Waals surface area contributed by atoms with E-state index >= 15 is 0 Å². The largest absolute Gasteiger partial charge is 0.270 e. The zero-order chi connectivity index (χ0) is 14.9. The van der Waals surface area contributed by atoms with Crippen LogP contribution in [0, 0.1) is 10.1 Å². The number of nitro groups is 1. The maximum atomic E-state index is 11.1. The lowest BCUT2D eigenvalue weighted by Gasteiger charge is -2.04. The first-order valence-corrected chi connectivity index (χ1v) is 7.86. The Morgan fingerprint density at radius 3 is 2.60 bits per heavy atom. The van der Waals surface area contributed by atoms with Crippen molar-refractivity contribution in [2.24, 2.45) is 0 Å². The number of nitrogens with zero attached hydrogens (tertiary/aromatic N) is 3. The van der Waals surface area contributed by atoms with Crippen LogP contribution in [-0.4, -0.2) is 23.1 Å². The highest BCUT2D eigenvalue weighted by Gasteiger charge is 2.14. The molecule has 0 N–H and O–H groups in total. The van der Waals surface area contributed by atoms with Gasteiger partial charge in [-0.15, -0.1) is 0 Å². The minimum atomic E-state index is -3.84. The molecule has 1 aromatic heterocycles. The summed E-state index contributed by atoms with van der Waals surface area (Å²) in [5.74, 6) is 0. The lowest BCUT2D eigenvalue weighted by Crippen LogP contribution is -2.01. The summed E-state index contributed by atoms with van der Waals surface area (Å²) >= 11 is 5.93. The SMILES string of the molecule is O=[N+]([O-])c1ccc(Cn2cc(S(=O)(=O)Cl)cn2)c(Cl)c1. The molecule has 1 heterocycles. The zero-order valence-corrected chi connectivity index (χ0v) is 12.1. The first-order valence-electron chi connectivity index (χ1n) is 5.17. The second-order valence-corrected chi connectivity index (χ2v) is 6.82. The Labute approximate surface area is 123 Å². The fraction of sp³-hybridized carbons (Fsp3) is 0.100. The summed E-state index contributed by atoms with van der Waals surface area (Å²) in [5.41, 5.74) is 0.446. The predicted octanol–water partition coefficient (Wildman–Crippen LogP) is 2.42. The van der Waals surface area contributed by atoms with Crippen molar-refractivity contribution in [2.45, 2.75) is 11.4 Å². The van der Waals surface area contributed by atoms with Crippen LogP contribution in [0.2, 0.25) is 5.02 Å². The van der Waals surface area contributed by atoms with Crippen molar-refractivity contribution in [1.82, 2.24) is 9.78 Å². The lowest BCUT2D eigenvalue weighted by atomic mass is 10.2. The van der Waals surface area contributed by atoms with Crippen molar-refractivity contribution >= 4 is 37.0 Å². The Kier molecular flexibility index (Phi) is 3.98. The molecule has 0 aliphatic carbocycles. The zero-order valence-electron chi connectivity index (χ0n) is 9.73. The monoisotopic (exact) mass is 335 g/mol. The summed E-state index contributed by atoms with van der Waals surface area (Å²) in [4.78, 5) is 9.90. The number of halogens is 2. The molecule has 0 fully saturated rings. The van der Waals surface area contributed by atoms with Crippen molar-refractivity contribution in [3.05, 3.63) is 51.3 Å². The molecule has 0 atom stereocenters. The summed E-state index contributed by atoms with van der Waals surface area (Å²) in [5, 5.41) is 14.6. The van der Waals surface area contributed by atoms with Crippen molar-refractivity contribution in [2.75, 3.05) is 0 Å². The summed E-state index contributed by atoms with van der Waals surface area (Å²) in [6.07, 6.45) is 2.36. The van der Waals surface area contributed by atoms with Crippen LogP contribution in [0.5, 0.6) is 0 Å². The minimum Gasteiger partial charge on any atom is -0.267 e. The van der Waals surface area contributed by atoms with E-state index in [2.05, 4.69) is 5.10 Å². The summed E-state index contributed by atoms with van der Waals surface area (Å²) in [6.45, 7) is 0.170. The van der Waals surface area contributed by atoms with E-state index in [4.69, 9.17) is 22.3 Å². The smallest absolute Gasteiger partial charge is 0.267 e. The summed E-state index contributed by atoms with van der Waals surface area (Å²) in [6, 6.07) is 4.01. The van der Waals surface area contributed by atoms with Crippen molar-refractivity contribution < 1.29 is 13.3 Å². The Morgan fingerprint density at radius 1 is 1.40 bits per heavy atom. The molecule has 0 amide bonds. The standard InChI is InChI=1S/C10H7Cl2N3O4S/c11-10-3-8(15(16)17)2-1-7(10)5-14-6-9(4-13-14)20(12,18)19/h1-4,6H,5H2. The summed E-state index contributed by atoms with van der Waals surface area (Å²) in [7, 11) is 1.34. The molecule has 0 saturated carbocycles. The maximum Gasteiger partial charge on any atom is 0.270 e. The van der Waals surface area contributed by atoms with Gasteiger partial charge in [-0.3, -0.25) is 14.8 Å². The van der Waals surface area contributed by atoms with Gasteiger partial charge in [-0.1, -0.05) is 11.6 Å². The van der Waals surface area contributed by atoms with Gasteiger partial charge in [0.15, 0.2) is 0 Å².